The van der Waals surface area contributed by atoms with Crippen molar-refractivity contribution < 1.29 is 27.1 Å². The minimum Gasteiger partial charge on any atom is -0.407 e. The molecule has 4 aromatic heterocycles. The van der Waals surface area contributed by atoms with E-state index in [1.807, 2.05) is 24.3 Å². The second-order valence-corrected chi connectivity index (χ2v) is 17.7. The standard InChI is InChI=1S/C42H44N4O6P2S/c1-29-21-35(41(3,4)5)39(51-53(47-31-13-9-17-43-25-31)48-32-14-10-18-44-26-32)37(23-29)55-38-24-30(2)22-36(42(6,7)8)40(38)52-54(49-33-15-11-19-45-27-33)50-34-16-12-20-46-28-34/h9-28H,1-8H3. The van der Waals surface area contributed by atoms with Crippen LogP contribution in [0.15, 0.2) is 132 Å². The van der Waals surface area contributed by atoms with Crippen molar-refractivity contribution in [3.63, 3.8) is 0 Å². The topological polar surface area (TPSA) is 107 Å². The molecule has 55 heavy (non-hydrogen) atoms. The van der Waals surface area contributed by atoms with E-state index in [0.29, 0.717) is 34.5 Å². The molecule has 0 aliphatic heterocycles. The van der Waals surface area contributed by atoms with Crippen LogP contribution in [0, 0.1) is 13.8 Å². The van der Waals surface area contributed by atoms with Gasteiger partial charge in [0, 0.05) is 35.9 Å². The Hall–Kier alpha value is -4.95. The second kappa shape index (κ2) is 17.7. The molecule has 0 atom stereocenters. The summed E-state index contributed by atoms with van der Waals surface area (Å²) in [6, 6.07) is 23.0. The van der Waals surface area contributed by atoms with Crippen molar-refractivity contribution in [1.29, 1.82) is 0 Å². The highest BCUT2D eigenvalue weighted by Gasteiger charge is 2.32. The summed E-state index contributed by atoms with van der Waals surface area (Å²) in [6.45, 7) is 17.1. The zero-order chi connectivity index (χ0) is 39.0. The van der Waals surface area contributed by atoms with E-state index in [-0.39, 0.29) is 10.8 Å². The molecule has 4 heterocycles. The molecule has 6 rings (SSSR count). The fourth-order valence-electron chi connectivity index (χ4n) is 5.26. The number of benzene rings is 2. The summed E-state index contributed by atoms with van der Waals surface area (Å²) in [6.07, 6.45) is 13.3. The number of hydrogen-bond acceptors (Lipinski definition) is 11. The summed E-state index contributed by atoms with van der Waals surface area (Å²) >= 11 is 1.54. The van der Waals surface area contributed by atoms with Crippen molar-refractivity contribution in [2.75, 3.05) is 0 Å². The summed E-state index contributed by atoms with van der Waals surface area (Å²) in [5, 5.41) is 0. The molecule has 0 radical (unpaired) electrons. The van der Waals surface area contributed by atoms with Gasteiger partial charge in [-0.05, 0) is 96.5 Å². The molecule has 0 saturated carbocycles. The first-order valence-electron chi connectivity index (χ1n) is 17.6. The third-order valence-corrected chi connectivity index (χ3v) is 11.0. The Labute approximate surface area is 330 Å². The van der Waals surface area contributed by atoms with Crippen molar-refractivity contribution >= 4 is 29.0 Å². The van der Waals surface area contributed by atoms with Crippen LogP contribution in [0.25, 0.3) is 0 Å². The average molecular weight is 795 g/mol. The molecule has 6 aromatic rings. The maximum absolute atomic E-state index is 6.89. The Morgan fingerprint density at radius 1 is 0.455 bits per heavy atom. The smallest absolute Gasteiger partial charge is 0.407 e. The summed E-state index contributed by atoms with van der Waals surface area (Å²) in [7, 11) is -4.07. The summed E-state index contributed by atoms with van der Waals surface area (Å²) in [5.74, 6) is 3.30. The summed E-state index contributed by atoms with van der Waals surface area (Å²) < 4.78 is 39.2. The summed E-state index contributed by atoms with van der Waals surface area (Å²) in [4.78, 5) is 18.6. The zero-order valence-corrected chi connectivity index (χ0v) is 34.7. The van der Waals surface area contributed by atoms with E-state index in [9.17, 15) is 0 Å². The Kier molecular flexibility index (Phi) is 12.8. The SMILES string of the molecule is Cc1cc(Sc2cc(C)cc(C(C)(C)C)c2OP(Oc2cccnc2)Oc2cccnc2)c(OP(Oc2cccnc2)Oc2cccnc2)c(C(C)(C)C)c1. The minimum atomic E-state index is -2.04. The lowest BCUT2D eigenvalue weighted by Crippen LogP contribution is -2.15. The predicted molar refractivity (Wildman–Crippen MR) is 218 cm³/mol. The zero-order valence-electron chi connectivity index (χ0n) is 32.1. The maximum Gasteiger partial charge on any atom is 0.530 e. The van der Waals surface area contributed by atoms with E-state index in [0.717, 1.165) is 32.0 Å². The van der Waals surface area contributed by atoms with Gasteiger partial charge in [0.1, 0.15) is 34.5 Å². The third-order valence-electron chi connectivity index (χ3n) is 7.82. The van der Waals surface area contributed by atoms with Crippen LogP contribution in [0.4, 0.5) is 0 Å². The fraction of sp³-hybridized carbons (Fsp3) is 0.238. The molecule has 0 aliphatic carbocycles. The van der Waals surface area contributed by atoms with Gasteiger partial charge in [-0.25, -0.2) is 0 Å². The van der Waals surface area contributed by atoms with Crippen molar-refractivity contribution in [3.05, 3.63) is 145 Å². The van der Waals surface area contributed by atoms with E-state index in [2.05, 4.69) is 99.6 Å². The molecule has 0 unspecified atom stereocenters. The van der Waals surface area contributed by atoms with Gasteiger partial charge in [-0.1, -0.05) is 65.4 Å². The minimum absolute atomic E-state index is 0.313. The molecule has 2 aromatic carbocycles. The van der Waals surface area contributed by atoms with Gasteiger partial charge in [-0.2, -0.15) is 0 Å². The second-order valence-electron chi connectivity index (χ2n) is 14.6. The first-order valence-corrected chi connectivity index (χ1v) is 20.6. The molecule has 0 spiro atoms. The number of nitrogens with zero attached hydrogens (tertiary/aromatic N) is 4. The van der Waals surface area contributed by atoms with Crippen molar-refractivity contribution in [3.8, 4) is 34.5 Å². The van der Waals surface area contributed by atoms with Crippen LogP contribution >= 0.6 is 29.0 Å². The van der Waals surface area contributed by atoms with E-state index < -0.39 is 17.2 Å². The molecule has 0 fully saturated rings. The number of aromatic nitrogens is 4. The lowest BCUT2D eigenvalue weighted by molar-refractivity contribution is 0.377. The highest BCUT2D eigenvalue weighted by atomic mass is 32.2. The highest BCUT2D eigenvalue weighted by molar-refractivity contribution is 7.99. The Morgan fingerprint density at radius 2 is 0.764 bits per heavy atom. The van der Waals surface area contributed by atoms with Crippen LogP contribution < -0.4 is 27.1 Å². The highest BCUT2D eigenvalue weighted by Crippen LogP contribution is 2.54. The average Bonchev–Trinajstić information content (AvgIpc) is 3.14. The van der Waals surface area contributed by atoms with Crippen LogP contribution in [-0.2, 0) is 10.8 Å². The van der Waals surface area contributed by atoms with Crippen LogP contribution in [0.5, 0.6) is 34.5 Å². The van der Waals surface area contributed by atoms with Gasteiger partial charge in [0.05, 0.1) is 34.6 Å². The Morgan fingerprint density at radius 3 is 1.02 bits per heavy atom. The van der Waals surface area contributed by atoms with E-state index in [1.165, 1.54) is 11.8 Å². The van der Waals surface area contributed by atoms with Gasteiger partial charge < -0.3 is 27.1 Å². The number of rotatable bonds is 14. The summed E-state index contributed by atoms with van der Waals surface area (Å²) in [5.41, 5.74) is 3.48. The quantitative estimate of drug-likeness (QED) is 0.0983. The number of hydrogen-bond donors (Lipinski definition) is 0. The van der Waals surface area contributed by atoms with Crippen LogP contribution in [0.2, 0.25) is 0 Å². The van der Waals surface area contributed by atoms with Crippen LogP contribution in [0.1, 0.15) is 63.8 Å². The predicted octanol–water partition coefficient (Wildman–Crippen LogP) is 12.2. The van der Waals surface area contributed by atoms with Gasteiger partial charge in [0.25, 0.3) is 0 Å². The molecule has 0 amide bonds. The Balaban J connectivity index is 1.46. The fourth-order valence-corrected chi connectivity index (χ4v) is 8.64. The molecule has 284 valence electrons. The molecule has 13 heteroatoms. The first-order chi connectivity index (χ1) is 26.3. The first kappa shape index (κ1) is 39.7. The number of pyridine rings is 4. The molecule has 0 saturated heterocycles. The molecular weight excluding hydrogens is 750 g/mol. The van der Waals surface area contributed by atoms with Gasteiger partial charge in [-0.15, -0.1) is 0 Å². The molecular formula is C42H44N4O6P2S. The monoisotopic (exact) mass is 794 g/mol. The van der Waals surface area contributed by atoms with E-state index in [1.54, 1.807) is 73.8 Å². The van der Waals surface area contributed by atoms with Gasteiger partial charge in [0.15, 0.2) is 0 Å². The van der Waals surface area contributed by atoms with E-state index >= 15 is 0 Å². The molecule has 0 N–H and O–H groups in total. The maximum atomic E-state index is 6.89. The van der Waals surface area contributed by atoms with Gasteiger partial charge >= 0.3 is 17.2 Å². The van der Waals surface area contributed by atoms with Gasteiger partial charge in [0.2, 0.25) is 0 Å². The number of aryl methyl sites for hydroxylation is 2. The van der Waals surface area contributed by atoms with Crippen LogP contribution in [0.3, 0.4) is 0 Å². The third kappa shape index (κ3) is 11.1. The largest absolute Gasteiger partial charge is 0.530 e. The Bertz CT molecular complexity index is 1920. The molecule has 10 nitrogen and oxygen atoms in total. The van der Waals surface area contributed by atoms with Crippen molar-refractivity contribution in [1.82, 2.24) is 19.9 Å². The van der Waals surface area contributed by atoms with Gasteiger partial charge in [-0.3, -0.25) is 19.9 Å². The molecule has 0 aliphatic rings. The normalized spacial score (nSPS) is 11.7. The van der Waals surface area contributed by atoms with E-state index in [4.69, 9.17) is 27.1 Å². The van der Waals surface area contributed by atoms with Crippen molar-refractivity contribution in [2.24, 2.45) is 0 Å². The van der Waals surface area contributed by atoms with Crippen LogP contribution in [-0.4, -0.2) is 19.9 Å². The lowest BCUT2D eigenvalue weighted by atomic mass is 9.85. The lowest BCUT2D eigenvalue weighted by Gasteiger charge is -2.29. The molecule has 0 bridgehead atoms. The van der Waals surface area contributed by atoms with Crippen molar-refractivity contribution in [2.45, 2.75) is 76.0 Å².